The Kier molecular flexibility index (Phi) is 4.14. The molecule has 0 amide bonds. The quantitative estimate of drug-likeness (QED) is 0.450. The Balaban J connectivity index is 0.00000196. The first kappa shape index (κ1) is 13.3. The Morgan fingerprint density at radius 3 is 1.33 bits per heavy atom. The van der Waals surface area contributed by atoms with Gasteiger partial charge >= 0.3 is 11.9 Å². The third kappa shape index (κ3) is 2.61. The summed E-state index contributed by atoms with van der Waals surface area (Å²) < 4.78 is 0. The number of phenols is 2. The zero-order valence-corrected chi connectivity index (χ0v) is 8.32. The maximum Gasteiger partial charge on any atom is 0.339 e. The van der Waals surface area contributed by atoms with Crippen LogP contribution in [0.5, 0.6) is 11.5 Å². The average Bonchev–Trinajstić information content (AvgIpc) is 2.07. The first-order chi connectivity index (χ1) is 6.43. The molecule has 0 spiro atoms. The van der Waals surface area contributed by atoms with E-state index in [9.17, 15) is 9.59 Å². The van der Waals surface area contributed by atoms with Crippen LogP contribution < -0.4 is 0 Å². The number of carbonyl (C=O) groups is 2. The first-order valence-corrected chi connectivity index (χ1v) is 3.46. The molecule has 1 aromatic rings. The van der Waals surface area contributed by atoms with E-state index >= 15 is 0 Å². The van der Waals surface area contributed by atoms with Crippen molar-refractivity contribution in [3.05, 3.63) is 23.3 Å². The van der Waals surface area contributed by atoms with Gasteiger partial charge in [-0.2, -0.15) is 0 Å². The number of benzene rings is 1. The van der Waals surface area contributed by atoms with E-state index in [1.54, 1.807) is 0 Å². The van der Waals surface area contributed by atoms with Gasteiger partial charge in [-0.3, -0.25) is 0 Å². The SMILES string of the molecule is O=C(O)c1cc(O)c(C(=O)O)cc1O.[Mn]. The van der Waals surface area contributed by atoms with Crippen molar-refractivity contribution in [1.29, 1.82) is 0 Å². The second-order valence-corrected chi connectivity index (χ2v) is 2.50. The molecule has 0 atom stereocenters. The van der Waals surface area contributed by atoms with E-state index in [0.717, 1.165) is 0 Å². The standard InChI is InChI=1S/C8H6O6.Mn/c9-5-1-3(7(11)12)6(10)2-4(5)8(13)14;/h1-2,9-10H,(H,11,12)(H,13,14);. The van der Waals surface area contributed by atoms with E-state index in [2.05, 4.69) is 0 Å². The molecule has 0 unspecified atom stereocenters. The van der Waals surface area contributed by atoms with Gasteiger partial charge in [0.15, 0.2) is 0 Å². The number of carboxylic acid groups (broad SMARTS) is 2. The molecule has 1 rings (SSSR count). The maximum atomic E-state index is 10.4. The molecule has 0 saturated heterocycles. The van der Waals surface area contributed by atoms with Gasteiger partial charge in [-0.1, -0.05) is 0 Å². The predicted molar refractivity (Wildman–Crippen MR) is 43.7 cm³/mol. The van der Waals surface area contributed by atoms with Crippen LogP contribution in [0.25, 0.3) is 0 Å². The van der Waals surface area contributed by atoms with Crippen molar-refractivity contribution in [2.45, 2.75) is 0 Å². The molecule has 0 aliphatic rings. The molecular formula is C8H6MnO6. The monoisotopic (exact) mass is 253 g/mol. The molecule has 0 bridgehead atoms. The topological polar surface area (TPSA) is 115 Å². The summed E-state index contributed by atoms with van der Waals surface area (Å²) in [6.45, 7) is 0. The van der Waals surface area contributed by atoms with Crippen molar-refractivity contribution in [3.8, 4) is 11.5 Å². The molecule has 81 valence electrons. The van der Waals surface area contributed by atoms with Crippen LogP contribution in [0.4, 0.5) is 0 Å². The molecular weight excluding hydrogens is 247 g/mol. The van der Waals surface area contributed by atoms with Crippen molar-refractivity contribution < 1.29 is 47.1 Å². The number of carboxylic acids is 2. The summed E-state index contributed by atoms with van der Waals surface area (Å²) in [5.74, 6) is -4.30. The number of aromatic carboxylic acids is 2. The van der Waals surface area contributed by atoms with Gasteiger partial charge in [0, 0.05) is 17.1 Å². The van der Waals surface area contributed by atoms with Gasteiger partial charge in [-0.25, -0.2) is 9.59 Å². The van der Waals surface area contributed by atoms with Crippen molar-refractivity contribution in [1.82, 2.24) is 0 Å². The predicted octanol–water partition coefficient (Wildman–Crippen LogP) is 0.492. The van der Waals surface area contributed by atoms with Crippen LogP contribution in [0, 0.1) is 0 Å². The van der Waals surface area contributed by atoms with Crippen LogP contribution in [0.15, 0.2) is 12.1 Å². The molecule has 0 saturated carbocycles. The molecule has 4 N–H and O–H groups in total. The van der Waals surface area contributed by atoms with Crippen LogP contribution >= 0.6 is 0 Å². The van der Waals surface area contributed by atoms with Gasteiger partial charge in [0.25, 0.3) is 0 Å². The summed E-state index contributed by atoms with van der Waals surface area (Å²) in [5.41, 5.74) is -1.10. The van der Waals surface area contributed by atoms with E-state index in [0.29, 0.717) is 12.1 Å². The summed E-state index contributed by atoms with van der Waals surface area (Å²) in [4.78, 5) is 20.9. The van der Waals surface area contributed by atoms with Gasteiger partial charge < -0.3 is 20.4 Å². The van der Waals surface area contributed by atoms with E-state index in [1.165, 1.54) is 0 Å². The van der Waals surface area contributed by atoms with Gasteiger partial charge in [0.05, 0.1) is 0 Å². The second kappa shape index (κ2) is 4.68. The molecule has 1 radical (unpaired) electrons. The van der Waals surface area contributed by atoms with Crippen molar-refractivity contribution in [2.75, 3.05) is 0 Å². The zero-order chi connectivity index (χ0) is 10.9. The first-order valence-electron chi connectivity index (χ1n) is 3.46. The van der Waals surface area contributed by atoms with Gasteiger partial charge in [-0.05, 0) is 12.1 Å². The second-order valence-electron chi connectivity index (χ2n) is 2.50. The molecule has 6 nitrogen and oxygen atoms in total. The summed E-state index contributed by atoms with van der Waals surface area (Å²) in [6, 6.07) is 1.36. The number of rotatable bonds is 2. The fraction of sp³-hybridized carbons (Fsp3) is 0. The van der Waals surface area contributed by atoms with Crippen LogP contribution in [-0.2, 0) is 17.1 Å². The summed E-state index contributed by atoms with van der Waals surface area (Å²) in [6.07, 6.45) is 0. The van der Waals surface area contributed by atoms with Crippen LogP contribution in [-0.4, -0.2) is 32.4 Å². The Morgan fingerprint density at radius 1 is 0.867 bits per heavy atom. The van der Waals surface area contributed by atoms with Crippen molar-refractivity contribution in [2.24, 2.45) is 0 Å². The normalized spacial score (nSPS) is 9.07. The fourth-order valence-electron chi connectivity index (χ4n) is 0.919. The minimum absolute atomic E-state index is 0. The Bertz CT molecular complexity index is 374. The third-order valence-electron chi connectivity index (χ3n) is 1.57. The Labute approximate surface area is 94.3 Å². The maximum absolute atomic E-state index is 10.4. The number of hydrogen-bond donors (Lipinski definition) is 4. The smallest absolute Gasteiger partial charge is 0.339 e. The zero-order valence-electron chi connectivity index (χ0n) is 7.14. The minimum atomic E-state index is -1.45. The molecule has 15 heavy (non-hydrogen) atoms. The molecule has 7 heteroatoms. The molecule has 0 aliphatic heterocycles. The summed E-state index contributed by atoms with van der Waals surface area (Å²) >= 11 is 0. The van der Waals surface area contributed by atoms with E-state index < -0.39 is 34.6 Å². The molecule has 0 aromatic heterocycles. The van der Waals surface area contributed by atoms with Crippen LogP contribution in [0.1, 0.15) is 20.7 Å². The minimum Gasteiger partial charge on any atom is -0.507 e. The number of aromatic hydroxyl groups is 2. The van der Waals surface area contributed by atoms with E-state index in [4.69, 9.17) is 20.4 Å². The van der Waals surface area contributed by atoms with Gasteiger partial charge in [0.2, 0.25) is 0 Å². The molecule has 0 heterocycles. The summed E-state index contributed by atoms with van der Waals surface area (Å²) in [7, 11) is 0. The number of hydrogen-bond acceptors (Lipinski definition) is 4. The molecule has 0 fully saturated rings. The third-order valence-corrected chi connectivity index (χ3v) is 1.57. The van der Waals surface area contributed by atoms with Gasteiger partial charge in [-0.15, -0.1) is 0 Å². The fourth-order valence-corrected chi connectivity index (χ4v) is 0.919. The van der Waals surface area contributed by atoms with Crippen LogP contribution in [0.3, 0.4) is 0 Å². The van der Waals surface area contributed by atoms with Crippen molar-refractivity contribution in [3.63, 3.8) is 0 Å². The average molecular weight is 253 g/mol. The molecule has 1 aromatic carbocycles. The largest absolute Gasteiger partial charge is 0.507 e. The van der Waals surface area contributed by atoms with E-state index in [1.807, 2.05) is 0 Å². The van der Waals surface area contributed by atoms with Crippen LogP contribution in [0.2, 0.25) is 0 Å². The Morgan fingerprint density at radius 2 is 1.13 bits per heavy atom. The summed E-state index contributed by atoms with van der Waals surface area (Å²) in [5, 5.41) is 35.2. The van der Waals surface area contributed by atoms with E-state index in [-0.39, 0.29) is 17.1 Å². The van der Waals surface area contributed by atoms with Gasteiger partial charge in [0.1, 0.15) is 22.6 Å². The molecule has 0 aliphatic carbocycles. The Hall–Kier alpha value is -1.72. The van der Waals surface area contributed by atoms with Crippen molar-refractivity contribution >= 4 is 11.9 Å².